The lowest BCUT2D eigenvalue weighted by Gasteiger charge is -2.36. The van der Waals surface area contributed by atoms with E-state index in [1.54, 1.807) is 0 Å². The van der Waals surface area contributed by atoms with Crippen LogP contribution in [0.5, 0.6) is 0 Å². The molecule has 17 heavy (non-hydrogen) atoms. The predicted molar refractivity (Wildman–Crippen MR) is 60.2 cm³/mol. The highest BCUT2D eigenvalue weighted by molar-refractivity contribution is 5.94. The van der Waals surface area contributed by atoms with E-state index < -0.39 is 5.92 Å². The van der Waals surface area contributed by atoms with Crippen molar-refractivity contribution < 1.29 is 19.1 Å². The van der Waals surface area contributed by atoms with Gasteiger partial charge < -0.3 is 4.74 Å². The average Bonchev–Trinajstić information content (AvgIpc) is 2.31. The summed E-state index contributed by atoms with van der Waals surface area (Å²) in [6, 6.07) is 0. The SMILES string of the molecule is COC(=O)C1[C@@H]2CCCCC(=O)[C@H]1CC(=O)C2. The summed E-state index contributed by atoms with van der Waals surface area (Å²) >= 11 is 0. The molecule has 3 atom stereocenters. The molecule has 2 rings (SSSR count). The van der Waals surface area contributed by atoms with Crippen LogP contribution in [-0.2, 0) is 19.1 Å². The third kappa shape index (κ3) is 2.40. The fraction of sp³-hybridized carbons (Fsp3) is 0.769. The number of carbonyl (C=O) groups is 3. The number of ether oxygens (including phenoxy) is 1. The molecule has 0 aromatic rings. The molecular weight excluding hydrogens is 220 g/mol. The molecule has 2 aliphatic carbocycles. The summed E-state index contributed by atoms with van der Waals surface area (Å²) in [4.78, 5) is 35.4. The van der Waals surface area contributed by atoms with Gasteiger partial charge in [0.25, 0.3) is 0 Å². The molecule has 1 unspecified atom stereocenters. The summed E-state index contributed by atoms with van der Waals surface area (Å²) < 4.78 is 4.80. The Kier molecular flexibility index (Phi) is 3.60. The molecule has 0 amide bonds. The zero-order valence-corrected chi connectivity index (χ0v) is 10.1. The number of Topliss-reactive ketones (excluding diaryl/α,β-unsaturated/α-hetero) is 2. The first-order valence-electron chi connectivity index (χ1n) is 6.25. The lowest BCUT2D eigenvalue weighted by molar-refractivity contribution is -0.157. The molecule has 0 saturated heterocycles. The van der Waals surface area contributed by atoms with Crippen molar-refractivity contribution in [1.82, 2.24) is 0 Å². The van der Waals surface area contributed by atoms with Crippen molar-refractivity contribution >= 4 is 17.5 Å². The zero-order chi connectivity index (χ0) is 12.4. The fourth-order valence-electron chi connectivity index (χ4n) is 3.18. The molecule has 2 bridgehead atoms. The number of esters is 1. The van der Waals surface area contributed by atoms with Gasteiger partial charge in [0.15, 0.2) is 0 Å². The third-order valence-corrected chi connectivity index (χ3v) is 4.01. The standard InChI is InChI=1S/C13H18O4/c1-17-13(16)12-8-4-2-3-5-11(15)10(12)7-9(14)6-8/h8,10,12H,2-7H2,1H3/t8-,10-,12?/m1/s1. The highest BCUT2D eigenvalue weighted by Crippen LogP contribution is 2.40. The van der Waals surface area contributed by atoms with Crippen LogP contribution in [0.2, 0.25) is 0 Å². The summed E-state index contributed by atoms with van der Waals surface area (Å²) in [5.41, 5.74) is 0. The van der Waals surface area contributed by atoms with Crippen molar-refractivity contribution in [3.8, 4) is 0 Å². The molecular formula is C13H18O4. The Balaban J connectivity index is 2.29. The summed E-state index contributed by atoms with van der Waals surface area (Å²) in [6.07, 6.45) is 3.82. The van der Waals surface area contributed by atoms with Crippen LogP contribution < -0.4 is 0 Å². The lowest BCUT2D eigenvalue weighted by atomic mass is 9.66. The molecule has 0 aromatic carbocycles. The number of fused-ring (bicyclic) bond motifs is 2. The second-order valence-corrected chi connectivity index (χ2v) is 5.07. The van der Waals surface area contributed by atoms with Crippen molar-refractivity contribution in [1.29, 1.82) is 0 Å². The summed E-state index contributed by atoms with van der Waals surface area (Å²) in [7, 11) is 1.35. The van der Waals surface area contributed by atoms with Gasteiger partial charge in [0, 0.05) is 25.2 Å². The Morgan fingerprint density at radius 3 is 2.71 bits per heavy atom. The second-order valence-electron chi connectivity index (χ2n) is 5.07. The van der Waals surface area contributed by atoms with Crippen molar-refractivity contribution in [2.75, 3.05) is 7.11 Å². The van der Waals surface area contributed by atoms with Crippen LogP contribution in [0.25, 0.3) is 0 Å². The minimum absolute atomic E-state index is 0.0120. The quantitative estimate of drug-likeness (QED) is 0.650. The molecule has 2 saturated carbocycles. The third-order valence-electron chi connectivity index (χ3n) is 4.01. The van der Waals surface area contributed by atoms with Gasteiger partial charge in [-0.2, -0.15) is 0 Å². The maximum absolute atomic E-state index is 12.0. The van der Waals surface area contributed by atoms with Crippen molar-refractivity contribution in [3.63, 3.8) is 0 Å². The lowest BCUT2D eigenvalue weighted by Crippen LogP contribution is -2.43. The van der Waals surface area contributed by atoms with E-state index in [-0.39, 0.29) is 35.8 Å². The van der Waals surface area contributed by atoms with E-state index in [1.807, 2.05) is 0 Å². The van der Waals surface area contributed by atoms with Gasteiger partial charge in [-0.3, -0.25) is 14.4 Å². The van der Waals surface area contributed by atoms with Crippen LogP contribution in [0.3, 0.4) is 0 Å². The number of ketones is 2. The number of carbonyl (C=O) groups excluding carboxylic acids is 3. The van der Waals surface area contributed by atoms with Crippen LogP contribution in [0.1, 0.15) is 38.5 Å². The number of hydrogen-bond acceptors (Lipinski definition) is 4. The minimum atomic E-state index is -0.422. The molecule has 2 fully saturated rings. The maximum atomic E-state index is 12.0. The van der Waals surface area contributed by atoms with E-state index in [4.69, 9.17) is 4.74 Å². The first kappa shape index (κ1) is 12.3. The van der Waals surface area contributed by atoms with Crippen LogP contribution in [0.15, 0.2) is 0 Å². The fourth-order valence-corrected chi connectivity index (χ4v) is 3.18. The van der Waals surface area contributed by atoms with Gasteiger partial charge in [-0.05, 0) is 18.8 Å². The van der Waals surface area contributed by atoms with E-state index in [9.17, 15) is 14.4 Å². The molecule has 0 aromatic heterocycles. The van der Waals surface area contributed by atoms with E-state index in [0.29, 0.717) is 12.8 Å². The van der Waals surface area contributed by atoms with Gasteiger partial charge in [0.05, 0.1) is 13.0 Å². The number of rotatable bonds is 1. The van der Waals surface area contributed by atoms with Crippen molar-refractivity contribution in [2.45, 2.75) is 38.5 Å². The van der Waals surface area contributed by atoms with Crippen LogP contribution >= 0.6 is 0 Å². The smallest absolute Gasteiger partial charge is 0.309 e. The Labute approximate surface area is 101 Å². The van der Waals surface area contributed by atoms with Crippen LogP contribution in [-0.4, -0.2) is 24.6 Å². The van der Waals surface area contributed by atoms with Crippen LogP contribution in [0, 0.1) is 17.8 Å². The predicted octanol–water partition coefficient (Wildman–Crippen LogP) is 1.51. The van der Waals surface area contributed by atoms with Gasteiger partial charge in [-0.25, -0.2) is 0 Å². The maximum Gasteiger partial charge on any atom is 0.309 e. The molecule has 4 heteroatoms. The van der Waals surface area contributed by atoms with Gasteiger partial charge in [-0.15, -0.1) is 0 Å². The first-order valence-corrected chi connectivity index (χ1v) is 6.25. The summed E-state index contributed by atoms with van der Waals surface area (Å²) in [5.74, 6) is -0.922. The molecule has 0 radical (unpaired) electrons. The average molecular weight is 238 g/mol. The molecule has 94 valence electrons. The van der Waals surface area contributed by atoms with E-state index >= 15 is 0 Å². The van der Waals surface area contributed by atoms with Crippen molar-refractivity contribution in [3.05, 3.63) is 0 Å². The second kappa shape index (κ2) is 4.98. The van der Waals surface area contributed by atoms with Gasteiger partial charge >= 0.3 is 5.97 Å². The Morgan fingerprint density at radius 2 is 2.00 bits per heavy atom. The molecule has 0 spiro atoms. The highest BCUT2D eigenvalue weighted by Gasteiger charge is 2.45. The van der Waals surface area contributed by atoms with Crippen molar-refractivity contribution in [2.24, 2.45) is 17.8 Å². The molecule has 0 N–H and O–H groups in total. The number of methoxy groups -OCH3 is 1. The monoisotopic (exact) mass is 238 g/mol. The van der Waals surface area contributed by atoms with Gasteiger partial charge in [0.2, 0.25) is 0 Å². The van der Waals surface area contributed by atoms with E-state index in [2.05, 4.69) is 0 Å². The normalized spacial score (nSPS) is 33.8. The minimum Gasteiger partial charge on any atom is -0.469 e. The zero-order valence-electron chi connectivity index (χ0n) is 10.1. The van der Waals surface area contributed by atoms with Crippen LogP contribution in [0.4, 0.5) is 0 Å². The largest absolute Gasteiger partial charge is 0.469 e. The topological polar surface area (TPSA) is 60.4 Å². The van der Waals surface area contributed by atoms with Gasteiger partial charge in [0.1, 0.15) is 11.6 Å². The van der Waals surface area contributed by atoms with E-state index in [1.165, 1.54) is 7.11 Å². The highest BCUT2D eigenvalue weighted by atomic mass is 16.5. The Hall–Kier alpha value is -1.19. The molecule has 0 aliphatic heterocycles. The van der Waals surface area contributed by atoms with E-state index in [0.717, 1.165) is 19.3 Å². The van der Waals surface area contributed by atoms with Gasteiger partial charge in [-0.1, -0.05) is 6.42 Å². The molecule has 2 aliphatic rings. The first-order chi connectivity index (χ1) is 8.13. The Bertz CT molecular complexity index is 347. The molecule has 4 nitrogen and oxygen atoms in total. The summed E-state index contributed by atoms with van der Waals surface area (Å²) in [6.45, 7) is 0. The molecule has 0 heterocycles. The number of hydrogen-bond donors (Lipinski definition) is 0. The Morgan fingerprint density at radius 1 is 1.24 bits per heavy atom. The summed E-state index contributed by atoms with van der Waals surface area (Å²) in [5, 5.41) is 0.